The molecule has 0 unspecified atom stereocenters. The lowest BCUT2D eigenvalue weighted by atomic mass is 10.2. The van der Waals surface area contributed by atoms with Gasteiger partial charge >= 0.3 is 0 Å². The predicted molar refractivity (Wildman–Crippen MR) is 185 cm³/mol. The van der Waals surface area contributed by atoms with Crippen molar-refractivity contribution < 1.29 is 33.3 Å². The number of H-pyrrole nitrogens is 1. The quantitative estimate of drug-likeness (QED) is 0.0600. The summed E-state index contributed by atoms with van der Waals surface area (Å²) in [6.45, 7) is 6.45. The average Bonchev–Trinajstić information content (AvgIpc) is 3.71. The van der Waals surface area contributed by atoms with Crippen LogP contribution in [0, 0.1) is 0 Å². The number of nitrogens with one attached hydrogen (secondary N) is 3. The maximum Gasteiger partial charge on any atom is 0.280 e. The molecular formula is C31H52ClN7O8S. The second-order valence-electron chi connectivity index (χ2n) is 11.3. The minimum atomic E-state index is -0.816. The Kier molecular flexibility index (Phi) is 19.8. The van der Waals surface area contributed by atoms with E-state index in [0.717, 1.165) is 63.9 Å². The molecule has 2 heterocycles. The van der Waals surface area contributed by atoms with E-state index in [2.05, 4.69) is 25.6 Å². The molecule has 0 radical (unpaired) electrons. The summed E-state index contributed by atoms with van der Waals surface area (Å²) in [7, 11) is 0. The number of aromatic amines is 1. The number of ether oxygens (including phenoxy) is 5. The highest BCUT2D eigenvalue weighted by atomic mass is 35.5. The van der Waals surface area contributed by atoms with Crippen LogP contribution in [0.25, 0.3) is 11.2 Å². The van der Waals surface area contributed by atoms with Crippen molar-refractivity contribution in [3.8, 4) is 0 Å². The summed E-state index contributed by atoms with van der Waals surface area (Å²) in [5, 5.41) is 6.08. The molecule has 2 amide bonds. The topological polar surface area (TPSA) is 194 Å². The molecule has 0 aromatic carbocycles. The second kappa shape index (κ2) is 23.8. The van der Waals surface area contributed by atoms with Gasteiger partial charge in [-0.25, -0.2) is 4.98 Å². The summed E-state index contributed by atoms with van der Waals surface area (Å²) in [6, 6.07) is -0.681. The van der Waals surface area contributed by atoms with Gasteiger partial charge in [0.1, 0.15) is 6.04 Å². The number of nitrogen functional groups attached to an aromatic ring is 1. The normalized spacial score (nSPS) is 14.1. The van der Waals surface area contributed by atoms with E-state index in [1.54, 1.807) is 0 Å². The predicted octanol–water partition coefficient (Wildman–Crippen LogP) is 2.41. The number of carbonyl (C=O) groups is 2. The van der Waals surface area contributed by atoms with Crippen molar-refractivity contribution in [1.82, 2.24) is 30.2 Å². The molecule has 2 aromatic rings. The fourth-order valence-corrected chi connectivity index (χ4v) is 6.43. The molecule has 1 atom stereocenters. The van der Waals surface area contributed by atoms with Gasteiger partial charge in [-0.15, -0.1) is 11.6 Å². The minimum absolute atomic E-state index is 0.0244. The van der Waals surface area contributed by atoms with Crippen LogP contribution in [0.4, 0.5) is 5.95 Å². The molecule has 1 aliphatic rings. The Balaban J connectivity index is 1.24. The second-order valence-corrected chi connectivity index (χ2v) is 12.7. The first-order valence-corrected chi connectivity index (χ1v) is 18.3. The summed E-state index contributed by atoms with van der Waals surface area (Å²) in [4.78, 5) is 48.7. The largest absolute Gasteiger partial charge is 0.379 e. The number of hydrogen-bond donors (Lipinski definition) is 4. The molecule has 2 aromatic heterocycles. The van der Waals surface area contributed by atoms with E-state index >= 15 is 0 Å². The summed E-state index contributed by atoms with van der Waals surface area (Å²) in [5.41, 5.74) is 6.04. The van der Waals surface area contributed by atoms with Gasteiger partial charge in [-0.2, -0.15) is 4.98 Å². The van der Waals surface area contributed by atoms with Crippen molar-refractivity contribution >= 4 is 52.3 Å². The highest BCUT2D eigenvalue weighted by Gasteiger charge is 2.27. The van der Waals surface area contributed by atoms with E-state index in [1.165, 1.54) is 18.7 Å². The molecule has 0 aliphatic heterocycles. The Bertz CT molecular complexity index is 1280. The van der Waals surface area contributed by atoms with Crippen LogP contribution in [0.2, 0.25) is 0 Å². The number of nitrogens with two attached hydrogens (primary N) is 1. The van der Waals surface area contributed by atoms with Gasteiger partial charge in [-0.3, -0.25) is 19.4 Å². The monoisotopic (exact) mass is 717 g/mol. The summed E-state index contributed by atoms with van der Waals surface area (Å²) >= 11 is 6.95. The zero-order valence-corrected chi connectivity index (χ0v) is 29.5. The molecule has 0 spiro atoms. The van der Waals surface area contributed by atoms with Gasteiger partial charge in [0.15, 0.2) is 16.3 Å². The molecule has 272 valence electrons. The molecule has 15 nitrogen and oxygen atoms in total. The lowest BCUT2D eigenvalue weighted by Gasteiger charge is -2.19. The van der Waals surface area contributed by atoms with Crippen LogP contribution in [0.15, 0.2) is 9.95 Å². The van der Waals surface area contributed by atoms with Crippen molar-refractivity contribution in [1.29, 1.82) is 0 Å². The number of alkyl halides is 1. The van der Waals surface area contributed by atoms with E-state index in [-0.39, 0.29) is 48.2 Å². The number of imidazole rings is 1. The standard InChI is InChI=1S/C31H52ClN7O8S/c1-23(40)35-25(22-48-31-36-26-27(37-30(33)38-29(26)42)39(31)24-8-4-5-9-24)28(41)34-11-13-44-15-17-46-19-21-47-20-18-45-16-14-43-12-7-3-2-6-10-32/h24-25H,2-22H2,1H3,(H,34,41)(H,35,40)(H3,33,37,38,42)/t25-/m0/s1. The number of unbranched alkanes of at least 4 members (excludes halogenated alkanes) is 3. The number of hydrogen-bond acceptors (Lipinski definition) is 12. The van der Waals surface area contributed by atoms with E-state index in [4.69, 9.17) is 41.0 Å². The maximum absolute atomic E-state index is 13.0. The van der Waals surface area contributed by atoms with Crippen LogP contribution in [0.5, 0.6) is 0 Å². The molecule has 48 heavy (non-hydrogen) atoms. The zero-order valence-electron chi connectivity index (χ0n) is 28.0. The lowest BCUT2D eigenvalue weighted by Crippen LogP contribution is -2.48. The summed E-state index contributed by atoms with van der Waals surface area (Å²) < 4.78 is 29.5. The lowest BCUT2D eigenvalue weighted by molar-refractivity contribution is -0.127. The molecule has 1 fully saturated rings. The van der Waals surface area contributed by atoms with Crippen LogP contribution < -0.4 is 21.9 Å². The first kappa shape index (κ1) is 40.0. The first-order valence-electron chi connectivity index (χ1n) is 16.8. The first-order chi connectivity index (χ1) is 23.4. The van der Waals surface area contributed by atoms with Crippen LogP contribution in [0.1, 0.15) is 64.3 Å². The number of anilines is 1. The highest BCUT2D eigenvalue weighted by molar-refractivity contribution is 7.99. The number of fused-ring (bicyclic) bond motifs is 1. The molecule has 5 N–H and O–H groups in total. The number of nitrogens with zero attached hydrogens (tertiary/aromatic N) is 3. The highest BCUT2D eigenvalue weighted by Crippen LogP contribution is 2.35. The Hall–Kier alpha value is -2.47. The third-order valence-electron chi connectivity index (χ3n) is 7.51. The van der Waals surface area contributed by atoms with Gasteiger partial charge in [-0.05, 0) is 25.7 Å². The van der Waals surface area contributed by atoms with Crippen LogP contribution >= 0.6 is 23.4 Å². The Morgan fingerprint density at radius 3 is 2.10 bits per heavy atom. The maximum atomic E-state index is 13.0. The zero-order chi connectivity index (χ0) is 34.4. The molecular weight excluding hydrogens is 666 g/mol. The average molecular weight is 718 g/mol. The van der Waals surface area contributed by atoms with Crippen molar-refractivity contribution in [3.05, 3.63) is 10.4 Å². The molecule has 1 aliphatic carbocycles. The SMILES string of the molecule is CC(=O)N[C@@H](CSc1nc2c(=O)[nH]c(N)nc2n1C1CCCC1)C(=O)NCCOCCOCCOCCOCCOCCCCCCCl. The van der Waals surface area contributed by atoms with Gasteiger partial charge in [0.25, 0.3) is 5.56 Å². The summed E-state index contributed by atoms with van der Waals surface area (Å²) in [6.07, 6.45) is 8.41. The van der Waals surface area contributed by atoms with Crippen LogP contribution in [-0.2, 0) is 33.3 Å². The van der Waals surface area contributed by atoms with Crippen molar-refractivity contribution in [2.75, 3.05) is 90.0 Å². The fourth-order valence-electron chi connectivity index (χ4n) is 5.16. The molecule has 17 heteroatoms. The van der Waals surface area contributed by atoms with Gasteiger partial charge in [0.05, 0.1) is 59.5 Å². The number of thioether (sulfide) groups is 1. The smallest absolute Gasteiger partial charge is 0.280 e. The number of aromatic nitrogens is 4. The summed E-state index contributed by atoms with van der Waals surface area (Å²) in [5.74, 6) is 0.284. The van der Waals surface area contributed by atoms with Gasteiger partial charge in [-0.1, -0.05) is 37.4 Å². The fraction of sp³-hybridized carbons (Fsp3) is 0.774. The van der Waals surface area contributed by atoms with Crippen molar-refractivity contribution in [2.45, 2.75) is 75.5 Å². The van der Waals surface area contributed by atoms with E-state index in [0.29, 0.717) is 63.7 Å². The van der Waals surface area contributed by atoms with E-state index in [1.807, 2.05) is 4.57 Å². The molecule has 1 saturated carbocycles. The van der Waals surface area contributed by atoms with Gasteiger partial charge in [0, 0.05) is 37.8 Å². The Morgan fingerprint density at radius 1 is 0.917 bits per heavy atom. The van der Waals surface area contributed by atoms with Crippen molar-refractivity contribution in [2.24, 2.45) is 0 Å². The third-order valence-corrected chi connectivity index (χ3v) is 8.82. The Labute approximate surface area is 291 Å². The third kappa shape index (κ3) is 15.0. The number of carbonyl (C=O) groups excluding carboxylic acids is 2. The van der Waals surface area contributed by atoms with Crippen molar-refractivity contribution in [3.63, 3.8) is 0 Å². The Morgan fingerprint density at radius 2 is 1.50 bits per heavy atom. The molecule has 0 bridgehead atoms. The molecule has 3 rings (SSSR count). The van der Waals surface area contributed by atoms with Crippen LogP contribution in [0.3, 0.4) is 0 Å². The van der Waals surface area contributed by atoms with Crippen LogP contribution in [-0.4, -0.2) is 122 Å². The number of rotatable bonds is 27. The number of halogens is 1. The van der Waals surface area contributed by atoms with E-state index in [9.17, 15) is 14.4 Å². The molecule has 0 saturated heterocycles. The van der Waals surface area contributed by atoms with Gasteiger partial charge in [0.2, 0.25) is 17.8 Å². The van der Waals surface area contributed by atoms with Gasteiger partial charge < -0.3 is 44.6 Å². The number of amides is 2. The van der Waals surface area contributed by atoms with E-state index < -0.39 is 11.6 Å². The minimum Gasteiger partial charge on any atom is -0.379 e.